The Hall–Kier alpha value is -2.64. The number of hydrogen-bond acceptors (Lipinski definition) is 4. The molecule has 0 aromatic heterocycles. The molecule has 0 aromatic rings. The van der Waals surface area contributed by atoms with Crippen molar-refractivity contribution in [2.24, 2.45) is 5.41 Å². The van der Waals surface area contributed by atoms with Gasteiger partial charge in [-0.25, -0.2) is 4.79 Å². The van der Waals surface area contributed by atoms with E-state index in [-0.39, 0.29) is 0 Å². The largest absolute Gasteiger partial charge is 0.480 e. The summed E-state index contributed by atoms with van der Waals surface area (Å²) in [5.41, 5.74) is -2.88. The lowest BCUT2D eigenvalue weighted by molar-refractivity contribution is -0.171. The normalized spacial score (nSPS) is 10.1. The second-order valence-corrected chi connectivity index (χ2v) is 2.77. The van der Waals surface area contributed by atoms with E-state index in [9.17, 15) is 19.2 Å². The molecule has 0 fully saturated rings. The van der Waals surface area contributed by atoms with E-state index in [4.69, 9.17) is 20.4 Å². The lowest BCUT2D eigenvalue weighted by atomic mass is 9.88. The molecular weight excluding hydrogens is 248 g/mol. The molecule has 0 aliphatic rings. The molecule has 8 nitrogen and oxygen atoms in total. The van der Waals surface area contributed by atoms with Crippen LogP contribution in [0, 0.1) is 5.41 Å². The minimum Gasteiger partial charge on any atom is -0.480 e. The fraction of sp³-hybridized carbons (Fsp3) is 0.200. The van der Waals surface area contributed by atoms with Gasteiger partial charge in [0, 0.05) is 6.08 Å². The monoisotopic (exact) mass is 260 g/mol. The van der Waals surface area contributed by atoms with Crippen LogP contribution in [0.4, 0.5) is 0 Å². The Kier molecular flexibility index (Phi) is 7.50. The van der Waals surface area contributed by atoms with Crippen LogP contribution in [0.25, 0.3) is 0 Å². The average molecular weight is 260 g/mol. The second-order valence-electron chi connectivity index (χ2n) is 2.77. The Morgan fingerprint density at radius 1 is 0.944 bits per heavy atom. The molecule has 0 radical (unpaired) electrons. The number of hydrogen-bond donors (Lipinski definition) is 4. The first-order chi connectivity index (χ1) is 8.16. The number of carboxylic acids is 4. The number of carboxylic acid groups (broad SMARTS) is 4. The van der Waals surface area contributed by atoms with Crippen molar-refractivity contribution in [1.29, 1.82) is 0 Å². The summed E-state index contributed by atoms with van der Waals surface area (Å²) in [5.74, 6) is -6.76. The van der Waals surface area contributed by atoms with Crippen molar-refractivity contribution >= 4 is 23.9 Å². The highest BCUT2D eigenvalue weighted by molar-refractivity contribution is 6.18. The summed E-state index contributed by atoms with van der Waals surface area (Å²) >= 11 is 0. The van der Waals surface area contributed by atoms with Gasteiger partial charge in [0.25, 0.3) is 5.41 Å². The minimum absolute atomic E-state index is 0.611. The molecule has 0 saturated heterocycles. The topological polar surface area (TPSA) is 149 Å². The first kappa shape index (κ1) is 17.7. The molecule has 100 valence electrons. The maximum atomic E-state index is 10.5. The summed E-state index contributed by atoms with van der Waals surface area (Å²) in [4.78, 5) is 40.7. The molecular formula is C10H12O8. The van der Waals surface area contributed by atoms with E-state index in [1.165, 1.54) is 6.92 Å². The van der Waals surface area contributed by atoms with Crippen LogP contribution in [-0.2, 0) is 19.2 Å². The van der Waals surface area contributed by atoms with E-state index in [1.54, 1.807) is 0 Å². The Balaban J connectivity index is 0. The molecule has 0 rings (SSSR count). The first-order valence-corrected chi connectivity index (χ1v) is 4.36. The highest BCUT2D eigenvalue weighted by atomic mass is 16.4. The lowest BCUT2D eigenvalue weighted by Crippen LogP contribution is -2.44. The zero-order valence-corrected chi connectivity index (χ0v) is 9.36. The maximum Gasteiger partial charge on any atom is 0.336 e. The van der Waals surface area contributed by atoms with Crippen molar-refractivity contribution in [2.45, 2.75) is 6.92 Å². The van der Waals surface area contributed by atoms with Crippen LogP contribution in [0.1, 0.15) is 6.92 Å². The number of rotatable bonds is 5. The van der Waals surface area contributed by atoms with E-state index in [2.05, 4.69) is 6.58 Å². The van der Waals surface area contributed by atoms with Crippen LogP contribution >= 0.6 is 0 Å². The van der Waals surface area contributed by atoms with Gasteiger partial charge in [0.05, 0.1) is 0 Å². The van der Waals surface area contributed by atoms with Gasteiger partial charge < -0.3 is 20.4 Å². The molecule has 0 aliphatic carbocycles. The summed E-state index contributed by atoms with van der Waals surface area (Å²) < 4.78 is 0. The summed E-state index contributed by atoms with van der Waals surface area (Å²) in [5, 5.41) is 33.1. The van der Waals surface area contributed by atoms with Crippen molar-refractivity contribution in [1.82, 2.24) is 0 Å². The van der Waals surface area contributed by atoms with Crippen molar-refractivity contribution in [2.75, 3.05) is 0 Å². The minimum atomic E-state index is -2.88. The Morgan fingerprint density at radius 3 is 1.28 bits per heavy atom. The van der Waals surface area contributed by atoms with Crippen LogP contribution in [0.15, 0.2) is 24.8 Å². The summed E-state index contributed by atoms with van der Waals surface area (Å²) in [6, 6.07) is 0. The standard InChI is InChI=1S/C7H8O6.C3H4O2/c1-2-3-7(4(8)9,5(10)11)6(12)13;1-2-3(4)5/h2-3H,1H3,(H,8,9)(H,10,11)(H,12,13);2H,1H2,(H,4,5). The Bertz CT molecular complexity index is 357. The molecule has 0 saturated carbocycles. The van der Waals surface area contributed by atoms with Gasteiger partial charge in [0.2, 0.25) is 0 Å². The third kappa shape index (κ3) is 4.47. The van der Waals surface area contributed by atoms with Crippen LogP contribution in [0.5, 0.6) is 0 Å². The van der Waals surface area contributed by atoms with Gasteiger partial charge in [-0.2, -0.15) is 0 Å². The molecule has 8 heteroatoms. The van der Waals surface area contributed by atoms with Gasteiger partial charge in [-0.3, -0.25) is 14.4 Å². The number of aliphatic carboxylic acids is 4. The van der Waals surface area contributed by atoms with E-state index in [0.29, 0.717) is 6.08 Å². The highest BCUT2D eigenvalue weighted by Gasteiger charge is 2.52. The van der Waals surface area contributed by atoms with Crippen molar-refractivity contribution in [3.63, 3.8) is 0 Å². The molecule has 4 N–H and O–H groups in total. The third-order valence-corrected chi connectivity index (χ3v) is 1.60. The fourth-order valence-corrected chi connectivity index (χ4v) is 0.738. The molecule has 0 heterocycles. The smallest absolute Gasteiger partial charge is 0.336 e. The molecule has 0 spiro atoms. The fourth-order valence-electron chi connectivity index (χ4n) is 0.738. The van der Waals surface area contributed by atoms with Crippen molar-refractivity contribution < 1.29 is 39.6 Å². The molecule has 0 unspecified atom stereocenters. The molecule has 18 heavy (non-hydrogen) atoms. The summed E-state index contributed by atoms with van der Waals surface area (Å²) in [6.45, 7) is 4.30. The van der Waals surface area contributed by atoms with E-state index < -0.39 is 29.3 Å². The van der Waals surface area contributed by atoms with Crippen LogP contribution in [0.2, 0.25) is 0 Å². The van der Waals surface area contributed by atoms with Gasteiger partial charge in [-0.1, -0.05) is 12.7 Å². The number of carbonyl (C=O) groups is 4. The van der Waals surface area contributed by atoms with Crippen LogP contribution < -0.4 is 0 Å². The summed E-state index contributed by atoms with van der Waals surface area (Å²) in [7, 11) is 0. The first-order valence-electron chi connectivity index (χ1n) is 4.36. The molecule has 0 atom stereocenters. The predicted molar refractivity (Wildman–Crippen MR) is 58.0 cm³/mol. The zero-order chi connectivity index (χ0) is 14.9. The highest BCUT2D eigenvalue weighted by Crippen LogP contribution is 2.20. The van der Waals surface area contributed by atoms with Gasteiger partial charge >= 0.3 is 23.9 Å². The molecule has 0 bridgehead atoms. The zero-order valence-electron chi connectivity index (χ0n) is 9.36. The number of allylic oxidation sites excluding steroid dienone is 1. The SMILES string of the molecule is C=CC(=O)O.CC=CC(C(=O)O)(C(=O)O)C(=O)O. The molecule has 0 aromatic carbocycles. The van der Waals surface area contributed by atoms with E-state index >= 15 is 0 Å². The maximum absolute atomic E-state index is 10.5. The Morgan fingerprint density at radius 2 is 1.22 bits per heavy atom. The van der Waals surface area contributed by atoms with Crippen molar-refractivity contribution in [3.8, 4) is 0 Å². The van der Waals surface area contributed by atoms with Crippen LogP contribution in [0.3, 0.4) is 0 Å². The third-order valence-electron chi connectivity index (χ3n) is 1.60. The van der Waals surface area contributed by atoms with Crippen molar-refractivity contribution in [3.05, 3.63) is 24.8 Å². The van der Waals surface area contributed by atoms with Gasteiger partial charge in [0.15, 0.2) is 0 Å². The molecule has 0 amide bonds. The van der Waals surface area contributed by atoms with Gasteiger partial charge in [-0.15, -0.1) is 0 Å². The van der Waals surface area contributed by atoms with Crippen LogP contribution in [-0.4, -0.2) is 44.3 Å². The molecule has 0 aliphatic heterocycles. The Labute approximate surface area is 101 Å². The second kappa shape index (κ2) is 7.60. The van der Waals surface area contributed by atoms with E-state index in [1.807, 2.05) is 0 Å². The van der Waals surface area contributed by atoms with Gasteiger partial charge in [0.1, 0.15) is 0 Å². The van der Waals surface area contributed by atoms with E-state index in [0.717, 1.165) is 12.2 Å². The summed E-state index contributed by atoms with van der Waals surface area (Å²) in [6.07, 6.45) is 2.51. The lowest BCUT2D eigenvalue weighted by Gasteiger charge is -2.14. The van der Waals surface area contributed by atoms with Gasteiger partial charge in [-0.05, 0) is 13.0 Å². The predicted octanol–water partition coefficient (Wildman–Crippen LogP) is 0.0597. The average Bonchev–Trinajstić information content (AvgIpc) is 2.24. The quantitative estimate of drug-likeness (QED) is 0.308.